The van der Waals surface area contributed by atoms with E-state index in [-0.39, 0.29) is 17.2 Å². The fourth-order valence-electron chi connectivity index (χ4n) is 1.76. The van der Waals surface area contributed by atoms with E-state index in [1.807, 2.05) is 5.38 Å². The number of hydrogen-bond acceptors (Lipinski definition) is 6. The number of carbonyl (C=O) groups excluding carboxylic acids is 1. The molecule has 118 valence electrons. The summed E-state index contributed by atoms with van der Waals surface area (Å²) < 4.78 is 2.55. The maximum Gasteiger partial charge on any atom is 0.330 e. The highest BCUT2D eigenvalue weighted by Gasteiger charge is 2.07. The molecule has 1 N–H and O–H groups in total. The van der Waals surface area contributed by atoms with E-state index in [1.54, 1.807) is 18.8 Å². The highest BCUT2D eigenvalue weighted by Crippen LogP contribution is 2.21. The lowest BCUT2D eigenvalue weighted by Gasteiger charge is -2.08. The van der Waals surface area contributed by atoms with Crippen LogP contribution < -0.4 is 16.6 Å². The summed E-state index contributed by atoms with van der Waals surface area (Å²) in [6, 6.07) is 1.47. The molecule has 9 heteroatoms. The van der Waals surface area contributed by atoms with Crippen LogP contribution in [0.3, 0.4) is 0 Å². The third kappa shape index (κ3) is 3.86. The molecule has 1 amide bonds. The molecule has 0 fully saturated rings. The van der Waals surface area contributed by atoms with Crippen LogP contribution in [0.25, 0.3) is 0 Å². The summed E-state index contributed by atoms with van der Waals surface area (Å²) in [5.41, 5.74) is 0.896. The Labute approximate surface area is 135 Å². The van der Waals surface area contributed by atoms with Crippen molar-refractivity contribution in [3.05, 3.63) is 43.7 Å². The molecule has 0 aliphatic heterocycles. The van der Waals surface area contributed by atoms with Gasteiger partial charge in [0.2, 0.25) is 5.91 Å². The quantitative estimate of drug-likeness (QED) is 0.875. The normalized spacial score (nSPS) is 10.7. The molecule has 0 aromatic carbocycles. The zero-order chi connectivity index (χ0) is 16.3. The van der Waals surface area contributed by atoms with Crippen LogP contribution in [0.2, 0.25) is 0 Å². The summed E-state index contributed by atoms with van der Waals surface area (Å²) in [5, 5.41) is 5.08. The summed E-state index contributed by atoms with van der Waals surface area (Å²) in [4.78, 5) is 38.7. The molecule has 0 unspecified atom stereocenters. The Kier molecular flexibility index (Phi) is 5.19. The van der Waals surface area contributed by atoms with Gasteiger partial charge in [-0.05, 0) is 0 Å². The topological polar surface area (TPSA) is 86.0 Å². The molecule has 0 spiro atoms. The first-order valence-corrected chi connectivity index (χ1v) is 8.47. The number of thiazole rings is 1. The van der Waals surface area contributed by atoms with Gasteiger partial charge in [0.15, 0.2) is 5.13 Å². The minimum atomic E-state index is -0.329. The Bertz CT molecular complexity index is 806. The van der Waals surface area contributed by atoms with Crippen molar-refractivity contribution >= 4 is 34.1 Å². The smallest absolute Gasteiger partial charge is 0.302 e. The molecular formula is C13H16N4O3S2. The van der Waals surface area contributed by atoms with Crippen molar-refractivity contribution in [1.29, 1.82) is 0 Å². The molecule has 2 rings (SSSR count). The Balaban J connectivity index is 2.00. The van der Waals surface area contributed by atoms with E-state index in [0.717, 1.165) is 10.3 Å². The number of nitrogens with zero attached hydrogens (tertiary/aromatic N) is 3. The molecular weight excluding hydrogens is 324 g/mol. The molecule has 7 nitrogen and oxygen atoms in total. The highest BCUT2D eigenvalue weighted by atomic mass is 32.2. The number of thioether (sulfide) groups is 1. The number of amides is 1. The third-order valence-corrected chi connectivity index (χ3v) is 4.77. The monoisotopic (exact) mass is 340 g/mol. The van der Waals surface area contributed by atoms with E-state index in [4.69, 9.17) is 0 Å². The highest BCUT2D eigenvalue weighted by molar-refractivity contribution is 7.97. The van der Waals surface area contributed by atoms with Crippen LogP contribution in [0.5, 0.6) is 0 Å². The van der Waals surface area contributed by atoms with E-state index in [2.05, 4.69) is 10.3 Å². The number of hydrogen-bond donors (Lipinski definition) is 1. The van der Waals surface area contributed by atoms with E-state index in [0.29, 0.717) is 22.3 Å². The van der Waals surface area contributed by atoms with E-state index in [9.17, 15) is 14.4 Å². The van der Waals surface area contributed by atoms with Gasteiger partial charge in [0, 0.05) is 49.7 Å². The lowest BCUT2D eigenvalue weighted by molar-refractivity contribution is -0.114. The molecule has 22 heavy (non-hydrogen) atoms. The van der Waals surface area contributed by atoms with Gasteiger partial charge in [0.05, 0.1) is 5.69 Å². The van der Waals surface area contributed by atoms with Crippen LogP contribution in [-0.4, -0.2) is 20.0 Å². The molecule has 2 aromatic heterocycles. The van der Waals surface area contributed by atoms with Crippen LogP contribution in [0.4, 0.5) is 5.13 Å². The van der Waals surface area contributed by atoms with Gasteiger partial charge in [0.25, 0.3) is 5.56 Å². The average Bonchev–Trinajstić information content (AvgIpc) is 2.88. The van der Waals surface area contributed by atoms with Crippen LogP contribution in [0.1, 0.15) is 18.3 Å². The second kappa shape index (κ2) is 6.93. The first-order chi connectivity index (χ1) is 10.4. The predicted molar refractivity (Wildman–Crippen MR) is 88.3 cm³/mol. The minimum Gasteiger partial charge on any atom is -0.302 e. The summed E-state index contributed by atoms with van der Waals surface area (Å²) in [6.45, 7) is 1.44. The first kappa shape index (κ1) is 16.5. The molecule has 2 aromatic rings. The molecule has 0 aliphatic carbocycles. The lowest BCUT2D eigenvalue weighted by atomic mass is 10.4. The largest absolute Gasteiger partial charge is 0.330 e. The van der Waals surface area contributed by atoms with Gasteiger partial charge in [-0.3, -0.25) is 18.7 Å². The molecule has 0 atom stereocenters. The summed E-state index contributed by atoms with van der Waals surface area (Å²) in [7, 11) is 3.11. The summed E-state index contributed by atoms with van der Waals surface area (Å²) >= 11 is 2.92. The van der Waals surface area contributed by atoms with Crippen molar-refractivity contribution in [2.24, 2.45) is 14.1 Å². The van der Waals surface area contributed by atoms with Crippen molar-refractivity contribution in [1.82, 2.24) is 14.1 Å². The van der Waals surface area contributed by atoms with Gasteiger partial charge < -0.3 is 5.32 Å². The molecule has 0 radical (unpaired) electrons. The molecule has 0 aliphatic rings. The van der Waals surface area contributed by atoms with Crippen LogP contribution in [-0.2, 0) is 30.4 Å². The number of aromatic nitrogens is 3. The Morgan fingerprint density at radius 1 is 1.32 bits per heavy atom. The number of nitrogens with one attached hydrogen (secondary N) is 1. The van der Waals surface area contributed by atoms with Crippen LogP contribution >= 0.6 is 23.1 Å². The number of rotatable bonds is 5. The van der Waals surface area contributed by atoms with Gasteiger partial charge in [-0.1, -0.05) is 0 Å². The second-order valence-corrected chi connectivity index (χ2v) is 6.54. The average molecular weight is 340 g/mol. The van der Waals surface area contributed by atoms with Crippen molar-refractivity contribution in [3.8, 4) is 0 Å². The molecule has 2 heterocycles. The standard InChI is InChI=1S/C13H16N4O3S2/c1-8(18)14-12-15-9(6-22-12)5-21-7-10-4-11(19)17(3)13(20)16(10)2/h4,6H,5,7H2,1-3H3,(H,14,15,18). The Hall–Kier alpha value is -1.87. The van der Waals surface area contributed by atoms with Gasteiger partial charge in [-0.2, -0.15) is 0 Å². The summed E-state index contributed by atoms with van der Waals surface area (Å²) in [5.74, 6) is 1.03. The molecule has 0 saturated heterocycles. The predicted octanol–water partition coefficient (Wildman–Crippen LogP) is 0.932. The van der Waals surface area contributed by atoms with E-state index >= 15 is 0 Å². The van der Waals surface area contributed by atoms with Crippen LogP contribution in [0, 0.1) is 0 Å². The molecule has 0 bridgehead atoms. The van der Waals surface area contributed by atoms with Gasteiger partial charge in [-0.15, -0.1) is 23.1 Å². The Morgan fingerprint density at radius 2 is 2.05 bits per heavy atom. The zero-order valence-corrected chi connectivity index (χ0v) is 14.1. The van der Waals surface area contributed by atoms with E-state index in [1.165, 1.54) is 35.9 Å². The molecule has 0 saturated carbocycles. The van der Waals surface area contributed by atoms with Crippen molar-refractivity contribution in [2.75, 3.05) is 5.32 Å². The van der Waals surface area contributed by atoms with Crippen molar-refractivity contribution in [2.45, 2.75) is 18.4 Å². The van der Waals surface area contributed by atoms with Crippen molar-refractivity contribution in [3.63, 3.8) is 0 Å². The maximum atomic E-state index is 11.8. The van der Waals surface area contributed by atoms with Crippen molar-refractivity contribution < 1.29 is 4.79 Å². The van der Waals surface area contributed by atoms with Gasteiger partial charge in [0.1, 0.15) is 0 Å². The van der Waals surface area contributed by atoms with Gasteiger partial charge in [-0.25, -0.2) is 9.78 Å². The fourth-order valence-corrected chi connectivity index (χ4v) is 3.57. The van der Waals surface area contributed by atoms with E-state index < -0.39 is 0 Å². The number of carbonyl (C=O) groups is 1. The SMILES string of the molecule is CC(=O)Nc1nc(CSCc2cc(=O)n(C)c(=O)n2C)cs1. The zero-order valence-electron chi connectivity index (χ0n) is 12.5. The third-order valence-electron chi connectivity index (χ3n) is 2.96. The van der Waals surface area contributed by atoms with Gasteiger partial charge >= 0.3 is 5.69 Å². The lowest BCUT2D eigenvalue weighted by Crippen LogP contribution is -2.37. The summed E-state index contributed by atoms with van der Waals surface area (Å²) in [6.07, 6.45) is 0. The maximum absolute atomic E-state index is 11.8. The Morgan fingerprint density at radius 3 is 2.73 bits per heavy atom. The minimum absolute atomic E-state index is 0.149. The fraction of sp³-hybridized carbons (Fsp3) is 0.385. The van der Waals surface area contributed by atoms with Crippen LogP contribution in [0.15, 0.2) is 21.0 Å². The second-order valence-electron chi connectivity index (χ2n) is 4.69. The first-order valence-electron chi connectivity index (χ1n) is 6.44. The number of anilines is 1.